The third-order valence-corrected chi connectivity index (χ3v) is 3.80. The molecule has 2 N–H and O–H groups in total. The van der Waals surface area contributed by atoms with Crippen molar-refractivity contribution in [2.24, 2.45) is 5.92 Å². The second-order valence-corrected chi connectivity index (χ2v) is 5.40. The smallest absolute Gasteiger partial charge is 0.342 e. The summed E-state index contributed by atoms with van der Waals surface area (Å²) in [5.41, 5.74) is 6.43. The Kier molecular flexibility index (Phi) is 4.12. The van der Waals surface area contributed by atoms with Crippen molar-refractivity contribution >= 4 is 23.3 Å². The van der Waals surface area contributed by atoms with Crippen LogP contribution in [0.1, 0.15) is 43.0 Å². The molecule has 1 aliphatic rings. The zero-order chi connectivity index (χ0) is 13.1. The highest BCUT2D eigenvalue weighted by atomic mass is 35.5. The van der Waals surface area contributed by atoms with E-state index in [9.17, 15) is 4.79 Å². The average Bonchev–Trinajstić information content (AvgIpc) is 2.32. The number of rotatable bonds is 2. The molecule has 0 unspecified atom stereocenters. The standard InChI is InChI=1S/C14H18ClNO2/c1-9-5-7-10(8-6-9)18-14(17)13-11(15)3-2-4-12(13)16/h2-4,9-10H,5-8,16H2,1H3. The zero-order valence-corrected chi connectivity index (χ0v) is 11.2. The highest BCUT2D eigenvalue weighted by Gasteiger charge is 2.24. The molecule has 0 saturated heterocycles. The summed E-state index contributed by atoms with van der Waals surface area (Å²) >= 11 is 5.98. The predicted octanol–water partition coefficient (Wildman–Crippen LogP) is 3.66. The molecule has 0 spiro atoms. The van der Waals surface area contributed by atoms with Crippen LogP contribution in [-0.4, -0.2) is 12.1 Å². The third kappa shape index (κ3) is 2.96. The molecular weight excluding hydrogens is 250 g/mol. The fourth-order valence-electron chi connectivity index (χ4n) is 2.31. The number of hydrogen-bond donors (Lipinski definition) is 1. The van der Waals surface area contributed by atoms with Gasteiger partial charge in [0.25, 0.3) is 0 Å². The minimum Gasteiger partial charge on any atom is -0.459 e. The zero-order valence-electron chi connectivity index (χ0n) is 10.5. The Labute approximate surface area is 112 Å². The van der Waals surface area contributed by atoms with E-state index in [2.05, 4.69) is 6.92 Å². The molecule has 1 aromatic carbocycles. The monoisotopic (exact) mass is 267 g/mol. The van der Waals surface area contributed by atoms with Crippen LogP contribution in [0.5, 0.6) is 0 Å². The topological polar surface area (TPSA) is 52.3 Å². The van der Waals surface area contributed by atoms with E-state index in [1.807, 2.05) is 0 Å². The van der Waals surface area contributed by atoms with Crippen LogP contribution in [0.3, 0.4) is 0 Å². The summed E-state index contributed by atoms with van der Waals surface area (Å²) in [6, 6.07) is 5.03. The number of ether oxygens (including phenoxy) is 1. The van der Waals surface area contributed by atoms with Gasteiger partial charge >= 0.3 is 5.97 Å². The molecule has 0 aliphatic heterocycles. The van der Waals surface area contributed by atoms with E-state index in [-0.39, 0.29) is 11.7 Å². The van der Waals surface area contributed by atoms with Crippen LogP contribution in [0.15, 0.2) is 18.2 Å². The van der Waals surface area contributed by atoms with E-state index < -0.39 is 5.97 Å². The van der Waals surface area contributed by atoms with Gasteiger partial charge in [-0.05, 0) is 43.7 Å². The minimum atomic E-state index is -0.405. The van der Waals surface area contributed by atoms with Crippen molar-refractivity contribution in [2.75, 3.05) is 5.73 Å². The highest BCUT2D eigenvalue weighted by Crippen LogP contribution is 2.28. The lowest BCUT2D eigenvalue weighted by Crippen LogP contribution is -2.24. The van der Waals surface area contributed by atoms with Gasteiger partial charge in [0.1, 0.15) is 11.7 Å². The van der Waals surface area contributed by atoms with Gasteiger partial charge in [-0.3, -0.25) is 0 Å². The molecule has 2 rings (SSSR count). The Morgan fingerprint density at radius 1 is 1.33 bits per heavy atom. The summed E-state index contributed by atoms with van der Waals surface area (Å²) in [6.07, 6.45) is 4.07. The lowest BCUT2D eigenvalue weighted by atomic mass is 9.89. The molecule has 4 heteroatoms. The molecule has 0 aromatic heterocycles. The number of nitrogen functional groups attached to an aromatic ring is 1. The van der Waals surface area contributed by atoms with Crippen LogP contribution >= 0.6 is 11.6 Å². The molecule has 0 radical (unpaired) electrons. The molecule has 0 heterocycles. The van der Waals surface area contributed by atoms with E-state index in [0.717, 1.165) is 31.6 Å². The number of hydrogen-bond acceptors (Lipinski definition) is 3. The maximum Gasteiger partial charge on any atom is 0.342 e. The van der Waals surface area contributed by atoms with Crippen LogP contribution in [-0.2, 0) is 4.74 Å². The van der Waals surface area contributed by atoms with Crippen molar-refractivity contribution in [3.63, 3.8) is 0 Å². The number of anilines is 1. The van der Waals surface area contributed by atoms with Gasteiger partial charge in [0.15, 0.2) is 0 Å². The summed E-state index contributed by atoms with van der Waals surface area (Å²) < 4.78 is 5.48. The molecule has 1 aromatic rings. The van der Waals surface area contributed by atoms with E-state index in [1.54, 1.807) is 18.2 Å². The predicted molar refractivity (Wildman–Crippen MR) is 72.7 cm³/mol. The maximum atomic E-state index is 12.0. The van der Waals surface area contributed by atoms with E-state index in [1.165, 1.54) is 0 Å². The van der Waals surface area contributed by atoms with Crippen molar-refractivity contribution in [1.82, 2.24) is 0 Å². The second-order valence-electron chi connectivity index (χ2n) is 4.99. The van der Waals surface area contributed by atoms with E-state index in [0.29, 0.717) is 10.7 Å². The molecule has 0 bridgehead atoms. The molecule has 18 heavy (non-hydrogen) atoms. The highest BCUT2D eigenvalue weighted by molar-refractivity contribution is 6.34. The first-order valence-electron chi connectivity index (χ1n) is 6.33. The first-order chi connectivity index (χ1) is 8.58. The lowest BCUT2D eigenvalue weighted by molar-refractivity contribution is 0.0175. The molecule has 0 atom stereocenters. The number of carbonyl (C=O) groups excluding carboxylic acids is 1. The summed E-state index contributed by atoms with van der Waals surface area (Å²) in [4.78, 5) is 12.0. The molecule has 1 fully saturated rings. The first kappa shape index (κ1) is 13.2. The maximum absolute atomic E-state index is 12.0. The fraction of sp³-hybridized carbons (Fsp3) is 0.500. The van der Waals surface area contributed by atoms with E-state index >= 15 is 0 Å². The van der Waals surface area contributed by atoms with Crippen LogP contribution in [0, 0.1) is 5.92 Å². The second kappa shape index (κ2) is 5.61. The quantitative estimate of drug-likeness (QED) is 0.657. The summed E-state index contributed by atoms with van der Waals surface area (Å²) in [7, 11) is 0. The number of carbonyl (C=O) groups is 1. The van der Waals surface area contributed by atoms with Gasteiger partial charge in [-0.25, -0.2) is 4.79 Å². The van der Waals surface area contributed by atoms with Crippen LogP contribution in [0.25, 0.3) is 0 Å². The lowest BCUT2D eigenvalue weighted by Gasteiger charge is -2.26. The normalized spacial score (nSPS) is 23.7. The minimum absolute atomic E-state index is 0.00405. The molecule has 3 nitrogen and oxygen atoms in total. The SMILES string of the molecule is CC1CCC(OC(=O)c2c(N)cccc2Cl)CC1. The van der Waals surface area contributed by atoms with E-state index in [4.69, 9.17) is 22.1 Å². The number of benzene rings is 1. The van der Waals surface area contributed by atoms with Crippen LogP contribution in [0.2, 0.25) is 5.02 Å². The van der Waals surface area contributed by atoms with Gasteiger partial charge in [0.2, 0.25) is 0 Å². The largest absolute Gasteiger partial charge is 0.459 e. The molecular formula is C14H18ClNO2. The van der Waals surface area contributed by atoms with Gasteiger partial charge in [0.05, 0.1) is 5.02 Å². The van der Waals surface area contributed by atoms with Gasteiger partial charge in [-0.1, -0.05) is 24.6 Å². The molecule has 1 aliphatic carbocycles. The van der Waals surface area contributed by atoms with Crippen LogP contribution in [0.4, 0.5) is 5.69 Å². The Morgan fingerprint density at radius 2 is 2.00 bits per heavy atom. The van der Waals surface area contributed by atoms with Crippen molar-refractivity contribution in [3.8, 4) is 0 Å². The Balaban J connectivity index is 2.04. The van der Waals surface area contributed by atoms with Crippen molar-refractivity contribution in [2.45, 2.75) is 38.7 Å². The Morgan fingerprint density at radius 3 is 2.61 bits per heavy atom. The van der Waals surface area contributed by atoms with Gasteiger partial charge in [-0.15, -0.1) is 0 Å². The van der Waals surface area contributed by atoms with Gasteiger partial charge in [-0.2, -0.15) is 0 Å². The van der Waals surface area contributed by atoms with Gasteiger partial charge in [0, 0.05) is 5.69 Å². The number of nitrogens with two attached hydrogens (primary N) is 1. The summed E-state index contributed by atoms with van der Waals surface area (Å²) in [5.74, 6) is 0.322. The van der Waals surface area contributed by atoms with Crippen LogP contribution < -0.4 is 5.73 Å². The Bertz CT molecular complexity index is 419. The average molecular weight is 268 g/mol. The Hall–Kier alpha value is -1.22. The molecule has 1 saturated carbocycles. The molecule has 98 valence electrons. The number of esters is 1. The number of halogens is 1. The molecule has 0 amide bonds. The fourth-order valence-corrected chi connectivity index (χ4v) is 2.57. The summed E-state index contributed by atoms with van der Waals surface area (Å²) in [5, 5.41) is 0.351. The third-order valence-electron chi connectivity index (χ3n) is 3.49. The summed E-state index contributed by atoms with van der Waals surface area (Å²) in [6.45, 7) is 2.23. The van der Waals surface area contributed by atoms with Crippen molar-refractivity contribution in [3.05, 3.63) is 28.8 Å². The first-order valence-corrected chi connectivity index (χ1v) is 6.70. The van der Waals surface area contributed by atoms with Crippen molar-refractivity contribution in [1.29, 1.82) is 0 Å². The van der Waals surface area contributed by atoms with Gasteiger partial charge < -0.3 is 10.5 Å². The van der Waals surface area contributed by atoms with Crippen molar-refractivity contribution < 1.29 is 9.53 Å².